The molecule has 6 nitrogen and oxygen atoms in total. The maximum absolute atomic E-state index is 12.7. The molecule has 7 heteroatoms. The van der Waals surface area contributed by atoms with E-state index in [1.54, 1.807) is 11.9 Å². The molecule has 2 N–H and O–H groups in total. The van der Waals surface area contributed by atoms with Crippen LogP contribution in [0.3, 0.4) is 0 Å². The molecule has 0 aromatic heterocycles. The third-order valence-corrected chi connectivity index (χ3v) is 3.96. The summed E-state index contributed by atoms with van der Waals surface area (Å²) >= 11 is 0. The average Bonchev–Trinajstić information content (AvgIpc) is 2.55. The predicted octanol–water partition coefficient (Wildman–Crippen LogP) is 1.04. The van der Waals surface area contributed by atoms with Crippen LogP contribution in [0.1, 0.15) is 12.8 Å². The van der Waals surface area contributed by atoms with Gasteiger partial charge in [-0.25, -0.2) is 0 Å². The highest BCUT2D eigenvalue weighted by Gasteiger charge is 2.35. The molecular weight excluding hydrogens is 318 g/mol. The van der Waals surface area contributed by atoms with Gasteiger partial charge in [-0.15, -0.1) is 12.4 Å². The van der Waals surface area contributed by atoms with Crippen molar-refractivity contribution in [2.75, 3.05) is 32.2 Å². The number of carbonyl (C=O) groups is 2. The molecule has 1 aromatic rings. The van der Waals surface area contributed by atoms with E-state index in [-0.39, 0.29) is 30.8 Å². The van der Waals surface area contributed by atoms with Gasteiger partial charge in [0, 0.05) is 26.4 Å². The summed E-state index contributed by atoms with van der Waals surface area (Å²) < 4.78 is 4.91. The van der Waals surface area contributed by atoms with E-state index in [9.17, 15) is 9.59 Å². The van der Waals surface area contributed by atoms with Gasteiger partial charge >= 0.3 is 0 Å². The summed E-state index contributed by atoms with van der Waals surface area (Å²) in [6.45, 7) is 0.817. The summed E-state index contributed by atoms with van der Waals surface area (Å²) in [5.41, 5.74) is 6.65. The molecule has 1 heterocycles. The molecule has 23 heavy (non-hydrogen) atoms. The van der Waals surface area contributed by atoms with E-state index in [0.717, 1.165) is 12.1 Å². The van der Waals surface area contributed by atoms with Crippen LogP contribution in [0.4, 0.5) is 5.69 Å². The molecule has 0 saturated carbocycles. The largest absolute Gasteiger partial charge is 0.383 e. The van der Waals surface area contributed by atoms with E-state index in [1.807, 2.05) is 30.3 Å². The average molecular weight is 342 g/mol. The van der Waals surface area contributed by atoms with Gasteiger partial charge in [0.25, 0.3) is 0 Å². The first-order valence-electron chi connectivity index (χ1n) is 7.44. The number of hydrogen-bond acceptors (Lipinski definition) is 4. The molecule has 2 amide bonds. The molecule has 128 valence electrons. The predicted molar refractivity (Wildman–Crippen MR) is 91.7 cm³/mol. The molecule has 0 spiro atoms. The number of amides is 2. The fourth-order valence-electron chi connectivity index (χ4n) is 2.75. The van der Waals surface area contributed by atoms with Gasteiger partial charge in [0.2, 0.25) is 11.8 Å². The third-order valence-electron chi connectivity index (χ3n) is 3.96. The summed E-state index contributed by atoms with van der Waals surface area (Å²) in [6, 6.07) is 8.30. The summed E-state index contributed by atoms with van der Waals surface area (Å²) in [6.07, 6.45) is 1.51. The fourth-order valence-corrected chi connectivity index (χ4v) is 2.75. The lowest BCUT2D eigenvalue weighted by atomic mass is 10.0. The van der Waals surface area contributed by atoms with Crippen molar-refractivity contribution in [1.29, 1.82) is 0 Å². The molecule has 0 bridgehead atoms. The minimum Gasteiger partial charge on any atom is -0.383 e. The normalized spacial score (nSPS) is 19.0. The van der Waals surface area contributed by atoms with Crippen LogP contribution in [0.25, 0.3) is 0 Å². The first-order valence-corrected chi connectivity index (χ1v) is 7.44. The van der Waals surface area contributed by atoms with Crippen molar-refractivity contribution < 1.29 is 14.3 Å². The molecule has 2 rings (SSSR count). The molecule has 1 saturated heterocycles. The molecule has 2 atom stereocenters. The molecule has 1 aliphatic heterocycles. The number of nitrogens with two attached hydrogens (primary N) is 1. The summed E-state index contributed by atoms with van der Waals surface area (Å²) in [5, 5.41) is 0. The van der Waals surface area contributed by atoms with Crippen molar-refractivity contribution in [3.05, 3.63) is 30.3 Å². The quantitative estimate of drug-likeness (QED) is 0.868. The maximum atomic E-state index is 12.7. The van der Waals surface area contributed by atoms with Gasteiger partial charge in [0.15, 0.2) is 0 Å². The number of para-hydroxylation sites is 1. The van der Waals surface area contributed by atoms with E-state index in [1.165, 1.54) is 12.0 Å². The maximum Gasteiger partial charge on any atom is 0.249 e. The standard InChI is InChI=1S/C16H23N3O3.ClH/c1-18(15(20)13(17)11-22-2)14-9-6-10-19(16(14)21)12-7-4-3-5-8-12;/h3-5,7-8,13-14H,6,9-11,17H2,1-2H3;1H. The van der Waals surface area contributed by atoms with Gasteiger partial charge in [-0.1, -0.05) is 18.2 Å². The number of anilines is 1. The van der Waals surface area contributed by atoms with E-state index in [2.05, 4.69) is 0 Å². The Balaban J connectivity index is 0.00000264. The smallest absolute Gasteiger partial charge is 0.249 e. The number of rotatable bonds is 5. The van der Waals surface area contributed by atoms with Gasteiger partial charge < -0.3 is 20.3 Å². The Kier molecular flexibility index (Phi) is 7.48. The topological polar surface area (TPSA) is 75.9 Å². The molecule has 1 fully saturated rings. The number of halogens is 1. The molecule has 0 aliphatic carbocycles. The van der Waals surface area contributed by atoms with Gasteiger partial charge in [-0.2, -0.15) is 0 Å². The number of carbonyl (C=O) groups excluding carboxylic acids is 2. The SMILES string of the molecule is COCC(N)C(=O)N(C)C1CCCN(c2ccccc2)C1=O.Cl. The number of nitrogens with zero attached hydrogens (tertiary/aromatic N) is 2. The van der Waals surface area contributed by atoms with Crippen LogP contribution >= 0.6 is 12.4 Å². The second-order valence-electron chi connectivity index (χ2n) is 5.49. The van der Waals surface area contributed by atoms with Crippen molar-refractivity contribution in [3.63, 3.8) is 0 Å². The lowest BCUT2D eigenvalue weighted by Gasteiger charge is -2.37. The summed E-state index contributed by atoms with van der Waals surface area (Å²) in [7, 11) is 3.13. The molecule has 1 aromatic carbocycles. The first-order chi connectivity index (χ1) is 10.6. The van der Waals surface area contributed by atoms with Gasteiger partial charge in [0.1, 0.15) is 12.1 Å². The zero-order valence-corrected chi connectivity index (χ0v) is 14.3. The number of hydrogen-bond donors (Lipinski definition) is 1. The van der Waals surface area contributed by atoms with E-state index in [0.29, 0.717) is 13.0 Å². The van der Waals surface area contributed by atoms with Crippen molar-refractivity contribution in [3.8, 4) is 0 Å². The highest BCUT2D eigenvalue weighted by atomic mass is 35.5. The zero-order chi connectivity index (χ0) is 16.1. The minimum absolute atomic E-state index is 0. The highest BCUT2D eigenvalue weighted by Crippen LogP contribution is 2.23. The minimum atomic E-state index is -0.741. The Labute approximate surface area is 143 Å². The Morgan fingerprint density at radius 2 is 2.09 bits per heavy atom. The van der Waals surface area contributed by atoms with Crippen LogP contribution in [-0.2, 0) is 14.3 Å². The lowest BCUT2D eigenvalue weighted by Crippen LogP contribution is -2.56. The van der Waals surface area contributed by atoms with Crippen LogP contribution in [0, 0.1) is 0 Å². The fraction of sp³-hybridized carbons (Fsp3) is 0.500. The van der Waals surface area contributed by atoms with Crippen molar-refractivity contribution in [2.45, 2.75) is 24.9 Å². The van der Waals surface area contributed by atoms with Crippen molar-refractivity contribution in [2.24, 2.45) is 5.73 Å². The molecule has 1 aliphatic rings. The Morgan fingerprint density at radius 1 is 1.43 bits per heavy atom. The van der Waals surface area contributed by atoms with Crippen molar-refractivity contribution in [1.82, 2.24) is 4.90 Å². The second kappa shape index (κ2) is 8.86. The van der Waals surface area contributed by atoms with Crippen LogP contribution in [0.15, 0.2) is 30.3 Å². The molecule has 2 unspecified atom stereocenters. The second-order valence-corrected chi connectivity index (χ2v) is 5.49. The monoisotopic (exact) mass is 341 g/mol. The van der Waals surface area contributed by atoms with Crippen LogP contribution < -0.4 is 10.6 Å². The van der Waals surface area contributed by atoms with Gasteiger partial charge in [-0.3, -0.25) is 9.59 Å². The summed E-state index contributed by atoms with van der Waals surface area (Å²) in [5.74, 6) is -0.326. The van der Waals surface area contributed by atoms with E-state index < -0.39 is 12.1 Å². The summed E-state index contributed by atoms with van der Waals surface area (Å²) in [4.78, 5) is 28.2. The number of likely N-dealkylation sites (N-methyl/N-ethyl adjacent to an activating group) is 1. The van der Waals surface area contributed by atoms with Crippen molar-refractivity contribution >= 4 is 29.9 Å². The van der Waals surface area contributed by atoms with E-state index >= 15 is 0 Å². The van der Waals surface area contributed by atoms with E-state index in [4.69, 9.17) is 10.5 Å². The van der Waals surface area contributed by atoms with Gasteiger partial charge in [-0.05, 0) is 25.0 Å². The number of ether oxygens (including phenoxy) is 1. The third kappa shape index (κ3) is 4.43. The van der Waals surface area contributed by atoms with Crippen LogP contribution in [-0.4, -0.2) is 56.1 Å². The van der Waals surface area contributed by atoms with Crippen LogP contribution in [0.5, 0.6) is 0 Å². The Morgan fingerprint density at radius 3 is 2.70 bits per heavy atom. The lowest BCUT2D eigenvalue weighted by molar-refractivity contribution is -0.140. The van der Waals surface area contributed by atoms with Gasteiger partial charge in [0.05, 0.1) is 6.61 Å². The molecule has 0 radical (unpaired) electrons. The number of methoxy groups -OCH3 is 1. The Bertz CT molecular complexity index is 527. The zero-order valence-electron chi connectivity index (χ0n) is 13.5. The molecular formula is C16H24ClN3O3. The first kappa shape index (κ1) is 19.4. The highest BCUT2D eigenvalue weighted by molar-refractivity contribution is 6.00. The number of piperidine rings is 1. The Hall–Kier alpha value is -1.63. The van der Waals surface area contributed by atoms with Crippen LogP contribution in [0.2, 0.25) is 0 Å². The number of benzene rings is 1.